The molecule has 0 bridgehead atoms. The van der Waals surface area contributed by atoms with Crippen LogP contribution in [0.15, 0.2) is 0 Å². The van der Waals surface area contributed by atoms with Crippen LogP contribution in [0.25, 0.3) is 0 Å². The summed E-state index contributed by atoms with van der Waals surface area (Å²) in [4.78, 5) is 5.22. The van der Waals surface area contributed by atoms with Crippen LogP contribution < -0.4 is 0 Å². The quantitative estimate of drug-likeness (QED) is 0.698. The van der Waals surface area contributed by atoms with E-state index in [0.717, 1.165) is 25.4 Å². The predicted octanol–water partition coefficient (Wildman–Crippen LogP) is 2.36. The summed E-state index contributed by atoms with van der Waals surface area (Å²) in [7, 11) is 0. The van der Waals surface area contributed by atoms with Crippen molar-refractivity contribution in [3.05, 3.63) is 0 Å². The predicted molar refractivity (Wildman–Crippen MR) is 91.2 cm³/mol. The number of piperidine rings is 1. The topological polar surface area (TPSA) is 35.9 Å². The van der Waals surface area contributed by atoms with Crippen LogP contribution in [0.3, 0.4) is 0 Å². The summed E-state index contributed by atoms with van der Waals surface area (Å²) in [6.45, 7) is 12.0. The van der Waals surface area contributed by atoms with E-state index in [4.69, 9.17) is 9.84 Å². The number of aliphatic hydroxyl groups is 1. The number of morpholine rings is 1. The van der Waals surface area contributed by atoms with Gasteiger partial charge in [-0.2, -0.15) is 0 Å². The monoisotopic (exact) mass is 312 g/mol. The fourth-order valence-electron chi connectivity index (χ4n) is 3.95. The highest BCUT2D eigenvalue weighted by molar-refractivity contribution is 4.77. The average molecular weight is 312 g/mol. The van der Waals surface area contributed by atoms with E-state index >= 15 is 0 Å². The Morgan fingerprint density at radius 2 is 1.59 bits per heavy atom. The molecule has 2 saturated heterocycles. The summed E-state index contributed by atoms with van der Waals surface area (Å²) in [6, 6.07) is 0. The Balaban J connectivity index is 1.55. The van der Waals surface area contributed by atoms with Crippen LogP contribution in [0.2, 0.25) is 0 Å². The highest BCUT2D eigenvalue weighted by Gasteiger charge is 2.24. The van der Waals surface area contributed by atoms with Crippen molar-refractivity contribution >= 4 is 0 Å². The van der Waals surface area contributed by atoms with Gasteiger partial charge in [0.05, 0.1) is 12.2 Å². The summed E-state index contributed by atoms with van der Waals surface area (Å²) in [5.74, 6) is 0.919. The van der Waals surface area contributed by atoms with Gasteiger partial charge in [0.1, 0.15) is 0 Å². The molecular weight excluding hydrogens is 276 g/mol. The highest BCUT2D eigenvalue weighted by atomic mass is 16.5. The van der Waals surface area contributed by atoms with Gasteiger partial charge < -0.3 is 14.7 Å². The lowest BCUT2D eigenvalue weighted by molar-refractivity contribution is -0.0693. The van der Waals surface area contributed by atoms with Crippen molar-refractivity contribution in [1.82, 2.24) is 9.80 Å². The molecule has 0 saturated carbocycles. The standard InChI is InChI=1S/C18H36N2O2/c1-16-14-20(15-17(2)22-16)12-8-18-6-10-19(11-7-18)9-4-3-5-13-21/h16-18,21H,3-15H2,1-2H3. The number of hydrogen-bond donors (Lipinski definition) is 1. The Labute approximate surface area is 136 Å². The number of ether oxygens (including phenoxy) is 1. The molecule has 0 amide bonds. The zero-order chi connectivity index (χ0) is 15.8. The summed E-state index contributed by atoms with van der Waals surface area (Å²) >= 11 is 0. The van der Waals surface area contributed by atoms with Crippen molar-refractivity contribution in [2.75, 3.05) is 45.9 Å². The van der Waals surface area contributed by atoms with E-state index in [0.29, 0.717) is 18.8 Å². The number of aliphatic hydroxyl groups excluding tert-OH is 1. The third-order valence-corrected chi connectivity index (χ3v) is 5.19. The van der Waals surface area contributed by atoms with Gasteiger partial charge in [0.2, 0.25) is 0 Å². The van der Waals surface area contributed by atoms with Crippen molar-refractivity contribution < 1.29 is 9.84 Å². The van der Waals surface area contributed by atoms with Gasteiger partial charge in [-0.3, -0.25) is 4.90 Å². The third kappa shape index (κ3) is 6.53. The van der Waals surface area contributed by atoms with Crippen molar-refractivity contribution in [3.63, 3.8) is 0 Å². The number of nitrogens with zero attached hydrogens (tertiary/aromatic N) is 2. The maximum Gasteiger partial charge on any atom is 0.0678 e. The zero-order valence-electron chi connectivity index (χ0n) is 14.7. The molecule has 0 spiro atoms. The molecule has 0 aliphatic carbocycles. The van der Waals surface area contributed by atoms with E-state index < -0.39 is 0 Å². The molecule has 4 heteroatoms. The molecule has 2 unspecified atom stereocenters. The number of rotatable bonds is 8. The molecular formula is C18H36N2O2. The molecule has 2 aliphatic heterocycles. The summed E-state index contributed by atoms with van der Waals surface area (Å²) < 4.78 is 5.81. The second kappa shape index (κ2) is 9.86. The number of hydrogen-bond acceptors (Lipinski definition) is 4. The lowest BCUT2D eigenvalue weighted by Gasteiger charge is -2.37. The van der Waals surface area contributed by atoms with E-state index in [2.05, 4.69) is 23.6 Å². The lowest BCUT2D eigenvalue weighted by atomic mass is 9.93. The molecule has 2 rings (SSSR count). The molecule has 130 valence electrons. The Kier molecular flexibility index (Phi) is 8.15. The maximum atomic E-state index is 8.81. The molecule has 4 nitrogen and oxygen atoms in total. The van der Waals surface area contributed by atoms with E-state index in [-0.39, 0.29) is 0 Å². The molecule has 22 heavy (non-hydrogen) atoms. The van der Waals surface area contributed by atoms with Gasteiger partial charge in [0.25, 0.3) is 0 Å². The van der Waals surface area contributed by atoms with E-state index in [1.54, 1.807) is 0 Å². The van der Waals surface area contributed by atoms with E-state index in [1.165, 1.54) is 58.3 Å². The van der Waals surface area contributed by atoms with Crippen LogP contribution in [-0.2, 0) is 4.74 Å². The fourth-order valence-corrected chi connectivity index (χ4v) is 3.95. The van der Waals surface area contributed by atoms with Gasteiger partial charge in [-0.05, 0) is 84.5 Å². The maximum absolute atomic E-state index is 8.81. The molecule has 2 heterocycles. The molecule has 2 aliphatic rings. The molecule has 0 aromatic heterocycles. The molecule has 0 aromatic rings. The highest BCUT2D eigenvalue weighted by Crippen LogP contribution is 2.22. The Bertz CT molecular complexity index is 283. The van der Waals surface area contributed by atoms with Gasteiger partial charge in [-0.15, -0.1) is 0 Å². The second-order valence-electron chi connectivity index (χ2n) is 7.37. The number of unbranched alkanes of at least 4 members (excludes halogenated alkanes) is 2. The summed E-state index contributed by atoms with van der Waals surface area (Å²) in [5, 5.41) is 8.81. The van der Waals surface area contributed by atoms with Gasteiger partial charge in [0, 0.05) is 19.7 Å². The first kappa shape index (κ1) is 18.2. The molecule has 0 aromatic carbocycles. The van der Waals surface area contributed by atoms with E-state index in [1.807, 2.05) is 0 Å². The second-order valence-corrected chi connectivity index (χ2v) is 7.37. The normalized spacial score (nSPS) is 29.0. The third-order valence-electron chi connectivity index (χ3n) is 5.19. The van der Waals surface area contributed by atoms with Gasteiger partial charge in [0.15, 0.2) is 0 Å². The molecule has 1 N–H and O–H groups in total. The minimum atomic E-state index is 0.348. The smallest absolute Gasteiger partial charge is 0.0678 e. The van der Waals surface area contributed by atoms with Gasteiger partial charge in [-0.1, -0.05) is 0 Å². The van der Waals surface area contributed by atoms with Crippen LogP contribution >= 0.6 is 0 Å². The van der Waals surface area contributed by atoms with Crippen molar-refractivity contribution in [2.24, 2.45) is 5.92 Å². The Hall–Kier alpha value is -0.160. The Morgan fingerprint density at radius 3 is 2.23 bits per heavy atom. The first-order valence-corrected chi connectivity index (χ1v) is 9.38. The molecule has 2 atom stereocenters. The molecule has 2 fully saturated rings. The molecule has 0 radical (unpaired) electrons. The Morgan fingerprint density at radius 1 is 0.909 bits per heavy atom. The SMILES string of the molecule is CC1CN(CCC2CCN(CCCCCO)CC2)CC(C)O1. The van der Waals surface area contributed by atoms with Crippen molar-refractivity contribution in [1.29, 1.82) is 0 Å². The van der Waals surface area contributed by atoms with Crippen molar-refractivity contribution in [3.8, 4) is 0 Å². The fraction of sp³-hybridized carbons (Fsp3) is 1.00. The average Bonchev–Trinajstić information content (AvgIpc) is 2.50. The van der Waals surface area contributed by atoms with Crippen LogP contribution in [0.5, 0.6) is 0 Å². The van der Waals surface area contributed by atoms with Gasteiger partial charge >= 0.3 is 0 Å². The number of likely N-dealkylation sites (tertiary alicyclic amines) is 1. The largest absolute Gasteiger partial charge is 0.396 e. The summed E-state index contributed by atoms with van der Waals surface area (Å²) in [5.41, 5.74) is 0. The first-order valence-electron chi connectivity index (χ1n) is 9.38. The van der Waals surface area contributed by atoms with Crippen LogP contribution in [0, 0.1) is 5.92 Å². The minimum Gasteiger partial charge on any atom is -0.396 e. The van der Waals surface area contributed by atoms with Crippen LogP contribution in [0.1, 0.15) is 52.4 Å². The zero-order valence-corrected chi connectivity index (χ0v) is 14.7. The summed E-state index contributed by atoms with van der Waals surface area (Å²) in [6.07, 6.45) is 8.27. The van der Waals surface area contributed by atoms with Crippen molar-refractivity contribution in [2.45, 2.75) is 64.6 Å². The first-order chi connectivity index (χ1) is 10.7. The van der Waals surface area contributed by atoms with E-state index in [9.17, 15) is 0 Å². The van der Waals surface area contributed by atoms with Gasteiger partial charge in [-0.25, -0.2) is 0 Å². The van der Waals surface area contributed by atoms with Crippen LogP contribution in [-0.4, -0.2) is 73.0 Å². The minimum absolute atomic E-state index is 0.348. The lowest BCUT2D eigenvalue weighted by Crippen LogP contribution is -2.46. The van der Waals surface area contributed by atoms with Crippen LogP contribution in [0.4, 0.5) is 0 Å².